The van der Waals surface area contributed by atoms with Gasteiger partial charge >= 0.3 is 6.09 Å². The maximum atomic E-state index is 12.4. The molecule has 1 aromatic heterocycles. The van der Waals surface area contributed by atoms with Crippen LogP contribution in [-0.4, -0.2) is 51.2 Å². The number of hydrogen-bond donors (Lipinski definition) is 4. The van der Waals surface area contributed by atoms with Gasteiger partial charge < -0.3 is 25.7 Å². The Morgan fingerprint density at radius 3 is 2.60 bits per heavy atom. The Morgan fingerprint density at radius 2 is 1.97 bits per heavy atom. The first kappa shape index (κ1) is 21.7. The van der Waals surface area contributed by atoms with Gasteiger partial charge in [-0.2, -0.15) is 0 Å². The fourth-order valence-corrected chi connectivity index (χ4v) is 3.62. The molecule has 3 rings (SSSR count). The second-order valence-corrected chi connectivity index (χ2v) is 8.75. The number of carbonyl (C=O) groups is 2. The van der Waals surface area contributed by atoms with Gasteiger partial charge in [-0.25, -0.2) is 4.79 Å². The van der Waals surface area contributed by atoms with Crippen LogP contribution in [0.1, 0.15) is 42.4 Å². The minimum Gasteiger partial charge on any atom is -0.506 e. The number of phenols is 1. The molecule has 0 atom stereocenters. The highest BCUT2D eigenvalue weighted by atomic mass is 35.5. The van der Waals surface area contributed by atoms with Gasteiger partial charge in [0.25, 0.3) is 5.91 Å². The van der Waals surface area contributed by atoms with Gasteiger partial charge in [-0.05, 0) is 29.2 Å². The third kappa shape index (κ3) is 4.94. The lowest BCUT2D eigenvalue weighted by atomic mass is 9.86. The van der Waals surface area contributed by atoms with E-state index in [1.165, 1.54) is 11.0 Å². The number of halogens is 1. The van der Waals surface area contributed by atoms with E-state index in [1.54, 1.807) is 18.3 Å². The number of pyridine rings is 1. The van der Waals surface area contributed by atoms with E-state index < -0.39 is 6.09 Å². The number of carbonyl (C=O) groups excluding carboxylic acids is 1. The van der Waals surface area contributed by atoms with E-state index in [2.05, 4.69) is 15.6 Å². The van der Waals surface area contributed by atoms with Gasteiger partial charge in [0.2, 0.25) is 0 Å². The summed E-state index contributed by atoms with van der Waals surface area (Å²) in [6.45, 7) is 6.98. The molecule has 0 radical (unpaired) electrons. The monoisotopic (exact) mass is 432 g/mol. The van der Waals surface area contributed by atoms with Crippen molar-refractivity contribution in [2.45, 2.75) is 38.8 Å². The standard InChI is InChI=1S/C21H25ClN4O4/c1-21(2,3)15-7-17(18(27)8-16(15)22)24-9-13-6-12(4-5-23-13)19(28)25-14-10-26(11-14)20(29)30/h4-8,14,24,27H,9-11H2,1-3H3,(H,25,28)(H,29,30). The lowest BCUT2D eigenvalue weighted by Crippen LogP contribution is -2.60. The molecule has 9 heteroatoms. The van der Waals surface area contributed by atoms with Crippen molar-refractivity contribution in [2.75, 3.05) is 18.4 Å². The zero-order chi connectivity index (χ0) is 22.1. The molecule has 1 aliphatic heterocycles. The number of nitrogens with one attached hydrogen (secondary N) is 2. The summed E-state index contributed by atoms with van der Waals surface area (Å²) in [5, 5.41) is 25.5. The molecule has 0 saturated carbocycles. The third-order valence-electron chi connectivity index (χ3n) is 4.92. The van der Waals surface area contributed by atoms with Crippen molar-refractivity contribution in [3.05, 3.63) is 52.3 Å². The SMILES string of the molecule is CC(C)(C)c1cc(NCc2cc(C(=O)NC3CN(C(=O)O)C3)ccn2)c(O)cc1Cl. The molecule has 2 aromatic rings. The smallest absolute Gasteiger partial charge is 0.407 e. The zero-order valence-corrected chi connectivity index (χ0v) is 17.8. The van der Waals surface area contributed by atoms with Crippen molar-refractivity contribution < 1.29 is 19.8 Å². The summed E-state index contributed by atoms with van der Waals surface area (Å²) >= 11 is 6.26. The molecule has 0 unspecified atom stereocenters. The molecule has 4 N–H and O–H groups in total. The Hall–Kier alpha value is -3.00. The van der Waals surface area contributed by atoms with Crippen molar-refractivity contribution in [1.82, 2.24) is 15.2 Å². The molecule has 1 fully saturated rings. The first-order valence-corrected chi connectivity index (χ1v) is 9.93. The fraction of sp³-hybridized carbons (Fsp3) is 0.381. The summed E-state index contributed by atoms with van der Waals surface area (Å²) in [7, 11) is 0. The van der Waals surface area contributed by atoms with Gasteiger partial charge in [0, 0.05) is 35.9 Å². The van der Waals surface area contributed by atoms with E-state index >= 15 is 0 Å². The lowest BCUT2D eigenvalue weighted by molar-refractivity contribution is 0.0767. The number of benzene rings is 1. The lowest BCUT2D eigenvalue weighted by Gasteiger charge is -2.37. The van der Waals surface area contributed by atoms with Crippen LogP contribution in [-0.2, 0) is 12.0 Å². The van der Waals surface area contributed by atoms with E-state index in [9.17, 15) is 14.7 Å². The first-order chi connectivity index (χ1) is 14.0. The molecule has 1 aliphatic rings. The van der Waals surface area contributed by atoms with Crippen LogP contribution in [0.15, 0.2) is 30.5 Å². The van der Waals surface area contributed by atoms with E-state index in [-0.39, 0.29) is 36.2 Å². The Kier molecular flexibility index (Phi) is 6.07. The number of anilines is 1. The van der Waals surface area contributed by atoms with Crippen molar-refractivity contribution in [2.24, 2.45) is 0 Å². The molecule has 0 spiro atoms. The number of nitrogens with zero attached hydrogens (tertiary/aromatic N) is 2. The van der Waals surface area contributed by atoms with Crippen LogP contribution in [0, 0.1) is 0 Å². The van der Waals surface area contributed by atoms with Gasteiger partial charge in [0.1, 0.15) is 5.75 Å². The van der Waals surface area contributed by atoms with Gasteiger partial charge in [-0.3, -0.25) is 9.78 Å². The number of rotatable bonds is 5. The molecule has 8 nitrogen and oxygen atoms in total. The van der Waals surface area contributed by atoms with Crippen LogP contribution in [0.2, 0.25) is 5.02 Å². The van der Waals surface area contributed by atoms with Gasteiger partial charge in [-0.1, -0.05) is 32.4 Å². The second-order valence-electron chi connectivity index (χ2n) is 8.35. The molecule has 2 amide bonds. The van der Waals surface area contributed by atoms with Crippen LogP contribution >= 0.6 is 11.6 Å². The van der Waals surface area contributed by atoms with Crippen molar-refractivity contribution >= 4 is 29.3 Å². The number of aromatic nitrogens is 1. The molecule has 160 valence electrons. The molecule has 1 aromatic carbocycles. The quantitative estimate of drug-likeness (QED) is 0.538. The van der Waals surface area contributed by atoms with Crippen LogP contribution in [0.4, 0.5) is 10.5 Å². The van der Waals surface area contributed by atoms with Crippen LogP contribution in [0.3, 0.4) is 0 Å². The van der Waals surface area contributed by atoms with Gasteiger partial charge in [0.05, 0.1) is 24.0 Å². The molecule has 2 heterocycles. The highest BCUT2D eigenvalue weighted by Crippen LogP contribution is 2.37. The molecule has 0 bridgehead atoms. The maximum Gasteiger partial charge on any atom is 0.407 e. The first-order valence-electron chi connectivity index (χ1n) is 9.55. The highest BCUT2D eigenvalue weighted by molar-refractivity contribution is 6.31. The molecular weight excluding hydrogens is 408 g/mol. The normalized spacial score (nSPS) is 14.2. The van der Waals surface area contributed by atoms with E-state index in [1.807, 2.05) is 26.8 Å². The molecule has 1 saturated heterocycles. The van der Waals surface area contributed by atoms with Crippen LogP contribution < -0.4 is 10.6 Å². The number of carboxylic acid groups (broad SMARTS) is 1. The average molecular weight is 433 g/mol. The summed E-state index contributed by atoms with van der Waals surface area (Å²) in [6.07, 6.45) is 0.552. The predicted molar refractivity (Wildman–Crippen MR) is 114 cm³/mol. The summed E-state index contributed by atoms with van der Waals surface area (Å²) < 4.78 is 0. The summed E-state index contributed by atoms with van der Waals surface area (Å²) in [5.74, 6) is -0.243. The molecule has 30 heavy (non-hydrogen) atoms. The molecule has 0 aliphatic carbocycles. The Balaban J connectivity index is 1.65. The maximum absolute atomic E-state index is 12.4. The van der Waals surface area contributed by atoms with E-state index in [0.29, 0.717) is 28.5 Å². The highest BCUT2D eigenvalue weighted by Gasteiger charge is 2.31. The minimum atomic E-state index is -0.988. The fourth-order valence-electron chi connectivity index (χ4n) is 3.18. The summed E-state index contributed by atoms with van der Waals surface area (Å²) in [4.78, 5) is 28.7. The number of likely N-dealkylation sites (tertiary alicyclic amines) is 1. The van der Waals surface area contributed by atoms with E-state index in [4.69, 9.17) is 16.7 Å². The zero-order valence-electron chi connectivity index (χ0n) is 17.1. The molecular formula is C21H25ClN4O4. The van der Waals surface area contributed by atoms with Crippen molar-refractivity contribution in [3.63, 3.8) is 0 Å². The number of amides is 2. The predicted octanol–water partition coefficient (Wildman–Crippen LogP) is 3.44. The summed E-state index contributed by atoms with van der Waals surface area (Å²) in [6, 6.07) is 6.40. The number of phenolic OH excluding ortho intramolecular Hbond substituents is 1. The Labute approximate surface area is 179 Å². The van der Waals surface area contributed by atoms with Crippen LogP contribution in [0.25, 0.3) is 0 Å². The van der Waals surface area contributed by atoms with Gasteiger partial charge in [-0.15, -0.1) is 0 Å². The Morgan fingerprint density at radius 1 is 1.27 bits per heavy atom. The second kappa shape index (κ2) is 8.39. The average Bonchev–Trinajstić information content (AvgIpc) is 2.62. The van der Waals surface area contributed by atoms with Crippen molar-refractivity contribution in [1.29, 1.82) is 0 Å². The number of aromatic hydroxyl groups is 1. The Bertz CT molecular complexity index is 968. The van der Waals surface area contributed by atoms with Gasteiger partial charge in [0.15, 0.2) is 0 Å². The minimum absolute atomic E-state index is 0.0369. The summed E-state index contributed by atoms with van der Waals surface area (Å²) in [5.41, 5.74) is 2.31. The third-order valence-corrected chi connectivity index (χ3v) is 5.23. The van der Waals surface area contributed by atoms with Crippen molar-refractivity contribution in [3.8, 4) is 5.75 Å². The van der Waals surface area contributed by atoms with E-state index in [0.717, 1.165) is 5.56 Å². The van der Waals surface area contributed by atoms with Crippen LogP contribution in [0.5, 0.6) is 5.75 Å². The topological polar surface area (TPSA) is 115 Å². The largest absolute Gasteiger partial charge is 0.506 e. The number of hydrogen-bond acceptors (Lipinski definition) is 5.